The van der Waals surface area contributed by atoms with Gasteiger partial charge < -0.3 is 5.32 Å². The van der Waals surface area contributed by atoms with Crippen LogP contribution in [0.3, 0.4) is 0 Å². The zero-order valence-electron chi connectivity index (χ0n) is 15.2. The van der Waals surface area contributed by atoms with Gasteiger partial charge in [-0.3, -0.25) is 9.59 Å². The maximum absolute atomic E-state index is 14.2. The third-order valence-electron chi connectivity index (χ3n) is 4.26. The molecule has 0 atom stereocenters. The summed E-state index contributed by atoms with van der Waals surface area (Å²) < 4.78 is 15.6. The lowest BCUT2D eigenvalue weighted by atomic mass is 9.99. The first kappa shape index (κ1) is 18.5. The molecule has 0 fully saturated rings. The lowest BCUT2D eigenvalue weighted by molar-refractivity contribution is -0.116. The minimum atomic E-state index is -0.497. The van der Waals surface area contributed by atoms with Crippen LogP contribution in [-0.4, -0.2) is 21.5 Å². The molecule has 0 aliphatic carbocycles. The summed E-state index contributed by atoms with van der Waals surface area (Å²) in [5.74, 6) is -0.908. The number of nitrogens with one attached hydrogen (secondary N) is 1. The summed E-state index contributed by atoms with van der Waals surface area (Å²) in [5.41, 5.74) is 3.16. The predicted octanol–water partition coefficient (Wildman–Crippen LogP) is 4.23. The van der Waals surface area contributed by atoms with Crippen LogP contribution in [0.25, 0.3) is 5.69 Å². The smallest absolute Gasteiger partial charge is 0.224 e. The molecule has 27 heavy (non-hydrogen) atoms. The van der Waals surface area contributed by atoms with Gasteiger partial charge in [-0.05, 0) is 49.7 Å². The van der Waals surface area contributed by atoms with Crippen LogP contribution < -0.4 is 5.32 Å². The van der Waals surface area contributed by atoms with Crippen molar-refractivity contribution in [1.82, 2.24) is 9.78 Å². The Morgan fingerprint density at radius 3 is 2.63 bits per heavy atom. The standard InChI is InChI=1S/C21H20FN3O2/c1-14-4-5-15(2)17(12-14)20(26)8-9-21(27)24-16-6-7-19(18(22)13-16)25-11-3-10-23-25/h3-7,10-13H,8-9H2,1-2H3,(H,24,27). The Kier molecular flexibility index (Phi) is 5.45. The van der Waals surface area contributed by atoms with Gasteiger partial charge in [0, 0.05) is 36.5 Å². The lowest BCUT2D eigenvalue weighted by Crippen LogP contribution is -2.14. The number of benzene rings is 2. The van der Waals surface area contributed by atoms with Crippen LogP contribution in [0.5, 0.6) is 0 Å². The minimum Gasteiger partial charge on any atom is -0.326 e. The first-order chi connectivity index (χ1) is 12.9. The van der Waals surface area contributed by atoms with Crippen molar-refractivity contribution in [2.45, 2.75) is 26.7 Å². The van der Waals surface area contributed by atoms with Gasteiger partial charge in [-0.15, -0.1) is 0 Å². The monoisotopic (exact) mass is 365 g/mol. The molecular formula is C21H20FN3O2. The Labute approximate surface area is 156 Å². The minimum absolute atomic E-state index is 0.0365. The molecule has 0 saturated carbocycles. The number of Topliss-reactive ketones (excluding diaryl/α,β-unsaturated/α-hetero) is 1. The molecule has 5 nitrogen and oxygen atoms in total. The quantitative estimate of drug-likeness (QED) is 0.665. The van der Waals surface area contributed by atoms with E-state index in [0.717, 1.165) is 11.1 Å². The largest absolute Gasteiger partial charge is 0.326 e. The van der Waals surface area contributed by atoms with Crippen LogP contribution in [0.4, 0.5) is 10.1 Å². The van der Waals surface area contributed by atoms with Gasteiger partial charge in [-0.1, -0.05) is 17.7 Å². The number of carbonyl (C=O) groups is 2. The normalized spacial score (nSPS) is 10.6. The third-order valence-corrected chi connectivity index (χ3v) is 4.26. The molecule has 3 aromatic rings. The van der Waals surface area contributed by atoms with Gasteiger partial charge in [0.2, 0.25) is 5.91 Å². The van der Waals surface area contributed by atoms with E-state index in [1.807, 2.05) is 32.0 Å². The van der Waals surface area contributed by atoms with Gasteiger partial charge >= 0.3 is 0 Å². The summed E-state index contributed by atoms with van der Waals surface area (Å²) in [5, 5.41) is 6.61. The highest BCUT2D eigenvalue weighted by Gasteiger charge is 2.13. The highest BCUT2D eigenvalue weighted by atomic mass is 19.1. The maximum atomic E-state index is 14.2. The van der Waals surface area contributed by atoms with Crippen LogP contribution in [0.1, 0.15) is 34.3 Å². The van der Waals surface area contributed by atoms with E-state index in [2.05, 4.69) is 10.4 Å². The van der Waals surface area contributed by atoms with E-state index in [1.165, 1.54) is 10.7 Å². The van der Waals surface area contributed by atoms with Crippen LogP contribution in [0.15, 0.2) is 54.9 Å². The molecule has 0 aliphatic heterocycles. The number of halogens is 1. The Balaban J connectivity index is 1.60. The molecule has 138 valence electrons. The van der Waals surface area contributed by atoms with Crippen molar-refractivity contribution >= 4 is 17.4 Å². The van der Waals surface area contributed by atoms with E-state index in [0.29, 0.717) is 16.9 Å². The zero-order chi connectivity index (χ0) is 19.4. The number of carbonyl (C=O) groups excluding carboxylic acids is 2. The van der Waals surface area contributed by atoms with Gasteiger partial charge in [0.1, 0.15) is 5.69 Å². The number of hydrogen-bond acceptors (Lipinski definition) is 3. The summed E-state index contributed by atoms with van der Waals surface area (Å²) in [7, 11) is 0. The third kappa shape index (κ3) is 4.47. The van der Waals surface area contributed by atoms with Crippen molar-refractivity contribution in [3.8, 4) is 5.69 Å². The van der Waals surface area contributed by atoms with E-state index in [9.17, 15) is 14.0 Å². The van der Waals surface area contributed by atoms with Crippen molar-refractivity contribution in [2.75, 3.05) is 5.32 Å². The molecule has 1 heterocycles. The number of nitrogens with zero attached hydrogens (tertiary/aromatic N) is 2. The summed E-state index contributed by atoms with van der Waals surface area (Å²) >= 11 is 0. The second-order valence-corrected chi connectivity index (χ2v) is 6.41. The number of anilines is 1. The number of ketones is 1. The fraction of sp³-hybridized carbons (Fsp3) is 0.190. The number of aryl methyl sites for hydroxylation is 2. The molecule has 2 aromatic carbocycles. The number of hydrogen-bond donors (Lipinski definition) is 1. The summed E-state index contributed by atoms with van der Waals surface area (Å²) in [6.45, 7) is 3.79. The number of amides is 1. The number of rotatable bonds is 6. The fourth-order valence-corrected chi connectivity index (χ4v) is 2.80. The Morgan fingerprint density at radius 2 is 1.93 bits per heavy atom. The second-order valence-electron chi connectivity index (χ2n) is 6.41. The Bertz CT molecular complexity index is 981. The first-order valence-electron chi connectivity index (χ1n) is 8.64. The van der Waals surface area contributed by atoms with Gasteiger partial charge in [0.05, 0.1) is 0 Å². The van der Waals surface area contributed by atoms with E-state index in [-0.39, 0.29) is 24.5 Å². The molecule has 0 bridgehead atoms. The van der Waals surface area contributed by atoms with E-state index in [1.54, 1.807) is 30.6 Å². The van der Waals surface area contributed by atoms with Crippen molar-refractivity contribution in [1.29, 1.82) is 0 Å². The molecule has 0 spiro atoms. The molecule has 1 amide bonds. The van der Waals surface area contributed by atoms with Crippen molar-refractivity contribution in [3.63, 3.8) is 0 Å². The topological polar surface area (TPSA) is 64.0 Å². The highest BCUT2D eigenvalue weighted by Crippen LogP contribution is 2.18. The highest BCUT2D eigenvalue weighted by molar-refractivity contribution is 6.01. The fourth-order valence-electron chi connectivity index (χ4n) is 2.80. The summed E-state index contributed by atoms with van der Waals surface area (Å²) in [6.07, 6.45) is 3.33. The van der Waals surface area contributed by atoms with E-state index in [4.69, 9.17) is 0 Å². The van der Waals surface area contributed by atoms with E-state index >= 15 is 0 Å². The van der Waals surface area contributed by atoms with E-state index < -0.39 is 5.82 Å². The van der Waals surface area contributed by atoms with Crippen LogP contribution in [-0.2, 0) is 4.79 Å². The summed E-state index contributed by atoms with van der Waals surface area (Å²) in [4.78, 5) is 24.5. The van der Waals surface area contributed by atoms with Gasteiger partial charge in [-0.25, -0.2) is 9.07 Å². The molecule has 0 unspecified atom stereocenters. The van der Waals surface area contributed by atoms with Crippen LogP contribution >= 0.6 is 0 Å². The average molecular weight is 365 g/mol. The average Bonchev–Trinajstić information content (AvgIpc) is 3.16. The van der Waals surface area contributed by atoms with Crippen LogP contribution in [0.2, 0.25) is 0 Å². The van der Waals surface area contributed by atoms with Crippen molar-refractivity contribution in [2.24, 2.45) is 0 Å². The molecule has 6 heteroatoms. The number of aromatic nitrogens is 2. The van der Waals surface area contributed by atoms with Crippen LogP contribution in [0, 0.1) is 19.7 Å². The molecular weight excluding hydrogens is 345 g/mol. The SMILES string of the molecule is Cc1ccc(C)c(C(=O)CCC(=O)Nc2ccc(-n3cccn3)c(F)c2)c1. The first-order valence-corrected chi connectivity index (χ1v) is 8.64. The zero-order valence-corrected chi connectivity index (χ0v) is 15.2. The summed E-state index contributed by atoms with van der Waals surface area (Å²) in [6, 6.07) is 11.7. The Morgan fingerprint density at radius 1 is 1.11 bits per heavy atom. The molecule has 0 aliphatic rings. The molecule has 1 N–H and O–H groups in total. The van der Waals surface area contributed by atoms with Gasteiger partial charge in [-0.2, -0.15) is 5.10 Å². The van der Waals surface area contributed by atoms with Gasteiger partial charge in [0.25, 0.3) is 0 Å². The molecule has 0 radical (unpaired) electrons. The van der Waals surface area contributed by atoms with Crippen molar-refractivity contribution < 1.29 is 14.0 Å². The molecule has 3 rings (SSSR count). The molecule has 0 saturated heterocycles. The maximum Gasteiger partial charge on any atom is 0.224 e. The Hall–Kier alpha value is -3.28. The lowest BCUT2D eigenvalue weighted by Gasteiger charge is -2.09. The molecule has 1 aromatic heterocycles. The van der Waals surface area contributed by atoms with Crippen molar-refractivity contribution in [3.05, 3.63) is 77.4 Å². The predicted molar refractivity (Wildman–Crippen MR) is 102 cm³/mol. The van der Waals surface area contributed by atoms with Gasteiger partial charge in [0.15, 0.2) is 11.6 Å². The second kappa shape index (κ2) is 7.95.